The Morgan fingerprint density at radius 3 is 3.17 bits per heavy atom. The molecule has 0 bridgehead atoms. The summed E-state index contributed by atoms with van der Waals surface area (Å²) in [4.78, 5) is 19.4. The van der Waals surface area contributed by atoms with Gasteiger partial charge in [0.2, 0.25) is 0 Å². The monoisotopic (exact) mass is 250 g/mol. The average molecular weight is 250 g/mol. The number of rotatable bonds is 4. The molecule has 1 unspecified atom stereocenters. The zero-order chi connectivity index (χ0) is 12.8. The highest BCUT2D eigenvalue weighted by Crippen LogP contribution is 2.08. The molecule has 1 aromatic rings. The van der Waals surface area contributed by atoms with Crippen LogP contribution in [0.2, 0.25) is 0 Å². The van der Waals surface area contributed by atoms with Gasteiger partial charge in [-0.05, 0) is 19.4 Å². The van der Waals surface area contributed by atoms with E-state index in [-0.39, 0.29) is 5.69 Å². The van der Waals surface area contributed by atoms with Crippen LogP contribution in [0.3, 0.4) is 0 Å². The van der Waals surface area contributed by atoms with Crippen molar-refractivity contribution in [1.82, 2.24) is 15.3 Å². The number of methoxy groups -OCH3 is 1. The second-order valence-electron chi connectivity index (χ2n) is 4.31. The summed E-state index contributed by atoms with van der Waals surface area (Å²) < 4.78 is 4.60. The van der Waals surface area contributed by atoms with Gasteiger partial charge in [0.15, 0.2) is 5.69 Å². The fraction of sp³-hybridized carbons (Fsp3) is 0.583. The number of hydrogen-bond donors (Lipinski definition) is 2. The van der Waals surface area contributed by atoms with Crippen molar-refractivity contribution in [2.75, 3.05) is 25.5 Å². The van der Waals surface area contributed by atoms with E-state index in [1.165, 1.54) is 26.1 Å². The van der Waals surface area contributed by atoms with E-state index < -0.39 is 5.97 Å². The fourth-order valence-corrected chi connectivity index (χ4v) is 1.98. The van der Waals surface area contributed by atoms with Crippen LogP contribution in [0.1, 0.15) is 29.8 Å². The molecular weight excluding hydrogens is 232 g/mol. The molecule has 0 amide bonds. The van der Waals surface area contributed by atoms with Gasteiger partial charge in [-0.3, -0.25) is 4.98 Å². The number of esters is 1. The van der Waals surface area contributed by atoms with Crippen LogP contribution in [0, 0.1) is 0 Å². The summed E-state index contributed by atoms with van der Waals surface area (Å²) >= 11 is 0. The second-order valence-corrected chi connectivity index (χ2v) is 4.31. The second kappa shape index (κ2) is 6.30. The summed E-state index contributed by atoms with van der Waals surface area (Å²) in [5.41, 5.74) is 0.221. The lowest BCUT2D eigenvalue weighted by Crippen LogP contribution is -2.39. The maximum Gasteiger partial charge on any atom is 0.358 e. The molecule has 0 aliphatic carbocycles. The van der Waals surface area contributed by atoms with E-state index in [9.17, 15) is 4.79 Å². The number of carbonyl (C=O) groups is 1. The van der Waals surface area contributed by atoms with Crippen LogP contribution in [0.25, 0.3) is 0 Å². The number of aromatic nitrogens is 2. The van der Waals surface area contributed by atoms with Gasteiger partial charge in [-0.1, -0.05) is 6.42 Å². The lowest BCUT2D eigenvalue weighted by molar-refractivity contribution is 0.0593. The van der Waals surface area contributed by atoms with Crippen LogP contribution < -0.4 is 10.6 Å². The number of piperidine rings is 1. The molecule has 2 heterocycles. The van der Waals surface area contributed by atoms with E-state index in [2.05, 4.69) is 25.3 Å². The SMILES string of the molecule is COC(=O)c1cncc(NCC2CCCCN2)n1. The van der Waals surface area contributed by atoms with Crippen molar-refractivity contribution in [3.63, 3.8) is 0 Å². The van der Waals surface area contributed by atoms with Crippen LogP contribution in [-0.2, 0) is 4.74 Å². The van der Waals surface area contributed by atoms with Crippen molar-refractivity contribution in [2.24, 2.45) is 0 Å². The Balaban J connectivity index is 1.90. The quantitative estimate of drug-likeness (QED) is 0.770. The van der Waals surface area contributed by atoms with E-state index >= 15 is 0 Å². The lowest BCUT2D eigenvalue weighted by atomic mass is 10.1. The van der Waals surface area contributed by atoms with Crippen LogP contribution in [0.15, 0.2) is 12.4 Å². The predicted octanol–water partition coefficient (Wildman–Crippen LogP) is 0.817. The molecule has 1 saturated heterocycles. The third-order valence-corrected chi connectivity index (χ3v) is 2.97. The Morgan fingerprint density at radius 1 is 1.56 bits per heavy atom. The molecule has 18 heavy (non-hydrogen) atoms. The van der Waals surface area contributed by atoms with Gasteiger partial charge >= 0.3 is 5.97 Å². The number of hydrogen-bond acceptors (Lipinski definition) is 6. The largest absolute Gasteiger partial charge is 0.464 e. The summed E-state index contributed by atoms with van der Waals surface area (Å²) in [6.07, 6.45) is 6.67. The highest BCUT2D eigenvalue weighted by molar-refractivity contribution is 5.87. The minimum Gasteiger partial charge on any atom is -0.464 e. The molecule has 2 N–H and O–H groups in total. The first-order chi connectivity index (χ1) is 8.79. The molecule has 0 saturated carbocycles. The maximum absolute atomic E-state index is 11.3. The summed E-state index contributed by atoms with van der Waals surface area (Å²) in [5, 5.41) is 6.63. The molecule has 1 atom stereocenters. The zero-order valence-corrected chi connectivity index (χ0v) is 10.5. The van der Waals surface area contributed by atoms with Gasteiger partial charge < -0.3 is 15.4 Å². The van der Waals surface area contributed by atoms with E-state index in [4.69, 9.17) is 0 Å². The van der Waals surface area contributed by atoms with E-state index in [1.54, 1.807) is 6.20 Å². The fourth-order valence-electron chi connectivity index (χ4n) is 1.98. The van der Waals surface area contributed by atoms with Gasteiger partial charge in [0, 0.05) is 12.6 Å². The van der Waals surface area contributed by atoms with Crippen molar-refractivity contribution in [3.05, 3.63) is 18.1 Å². The van der Waals surface area contributed by atoms with Gasteiger partial charge in [-0.15, -0.1) is 0 Å². The Labute approximate surface area is 106 Å². The molecule has 6 heteroatoms. The van der Waals surface area contributed by atoms with Gasteiger partial charge in [-0.2, -0.15) is 0 Å². The van der Waals surface area contributed by atoms with Crippen molar-refractivity contribution >= 4 is 11.8 Å². The summed E-state index contributed by atoms with van der Waals surface area (Å²) in [6, 6.07) is 0.460. The van der Waals surface area contributed by atoms with Gasteiger partial charge in [-0.25, -0.2) is 9.78 Å². The first kappa shape index (κ1) is 12.8. The normalized spacial score (nSPS) is 19.3. The topological polar surface area (TPSA) is 76.1 Å². The molecule has 0 aromatic carbocycles. The average Bonchev–Trinajstić information content (AvgIpc) is 2.45. The van der Waals surface area contributed by atoms with Crippen molar-refractivity contribution in [3.8, 4) is 0 Å². The third kappa shape index (κ3) is 3.40. The van der Waals surface area contributed by atoms with Crippen molar-refractivity contribution < 1.29 is 9.53 Å². The molecule has 1 aliphatic rings. The van der Waals surface area contributed by atoms with E-state index in [1.807, 2.05) is 0 Å². The molecule has 6 nitrogen and oxygen atoms in total. The van der Waals surface area contributed by atoms with Crippen LogP contribution in [0.4, 0.5) is 5.82 Å². The van der Waals surface area contributed by atoms with Crippen LogP contribution in [0.5, 0.6) is 0 Å². The number of ether oxygens (including phenoxy) is 1. The van der Waals surface area contributed by atoms with Gasteiger partial charge in [0.25, 0.3) is 0 Å². The Morgan fingerprint density at radius 2 is 2.44 bits per heavy atom. The van der Waals surface area contributed by atoms with E-state index in [0.717, 1.165) is 19.5 Å². The minimum atomic E-state index is -0.470. The maximum atomic E-state index is 11.3. The molecule has 0 spiro atoms. The predicted molar refractivity (Wildman–Crippen MR) is 67.5 cm³/mol. The Bertz CT molecular complexity index is 405. The highest BCUT2D eigenvalue weighted by Gasteiger charge is 2.13. The summed E-state index contributed by atoms with van der Waals surface area (Å²) in [7, 11) is 1.33. The summed E-state index contributed by atoms with van der Waals surface area (Å²) in [6.45, 7) is 1.86. The molecular formula is C12H18N4O2. The molecule has 2 rings (SSSR count). The van der Waals surface area contributed by atoms with Crippen LogP contribution in [-0.4, -0.2) is 42.2 Å². The number of nitrogens with zero attached hydrogens (tertiary/aromatic N) is 2. The molecule has 1 aliphatic heterocycles. The van der Waals surface area contributed by atoms with Crippen LogP contribution >= 0.6 is 0 Å². The Kier molecular flexibility index (Phi) is 4.46. The number of anilines is 1. The zero-order valence-electron chi connectivity index (χ0n) is 10.5. The minimum absolute atomic E-state index is 0.221. The molecule has 1 aromatic heterocycles. The molecule has 1 fully saturated rings. The standard InChI is InChI=1S/C12H18N4O2/c1-18-12(17)10-7-13-8-11(16-10)15-6-9-4-2-3-5-14-9/h7-9,14H,2-6H2,1H3,(H,15,16). The third-order valence-electron chi connectivity index (χ3n) is 2.97. The summed E-state index contributed by atoms with van der Waals surface area (Å²) in [5.74, 6) is 0.132. The first-order valence-corrected chi connectivity index (χ1v) is 6.17. The lowest BCUT2D eigenvalue weighted by Gasteiger charge is -2.23. The smallest absolute Gasteiger partial charge is 0.358 e. The molecule has 98 valence electrons. The van der Waals surface area contributed by atoms with Gasteiger partial charge in [0.1, 0.15) is 5.82 Å². The van der Waals surface area contributed by atoms with Crippen molar-refractivity contribution in [2.45, 2.75) is 25.3 Å². The number of carbonyl (C=O) groups excluding carboxylic acids is 1. The van der Waals surface area contributed by atoms with Crippen molar-refractivity contribution in [1.29, 1.82) is 0 Å². The number of nitrogens with one attached hydrogen (secondary N) is 2. The molecule has 0 radical (unpaired) electrons. The van der Waals surface area contributed by atoms with Gasteiger partial charge in [0.05, 0.1) is 19.5 Å². The highest BCUT2D eigenvalue weighted by atomic mass is 16.5. The first-order valence-electron chi connectivity index (χ1n) is 6.17. The van der Waals surface area contributed by atoms with E-state index in [0.29, 0.717) is 11.9 Å². The Hall–Kier alpha value is -1.69.